The van der Waals surface area contributed by atoms with Crippen LogP contribution < -0.4 is 10.6 Å². The topological polar surface area (TPSA) is 59.0 Å². The summed E-state index contributed by atoms with van der Waals surface area (Å²) >= 11 is 0. The Labute approximate surface area is 119 Å². The van der Waals surface area contributed by atoms with Gasteiger partial charge >= 0.3 is 6.03 Å². The number of para-hydroxylation sites is 1. The molecule has 0 aliphatic heterocycles. The molecule has 2 aromatic rings. The molecule has 1 aromatic carbocycles. The molecule has 1 aromatic heterocycles. The first-order valence-corrected chi connectivity index (χ1v) is 6.68. The third-order valence-corrected chi connectivity index (χ3v) is 3.38. The van der Waals surface area contributed by atoms with Crippen LogP contribution in [0.25, 0.3) is 0 Å². The monoisotopic (exact) mass is 272 g/mol. The molecule has 5 nitrogen and oxygen atoms in total. The van der Waals surface area contributed by atoms with Crippen LogP contribution in [0.15, 0.2) is 30.3 Å². The molecule has 0 bridgehead atoms. The van der Waals surface area contributed by atoms with Gasteiger partial charge in [-0.2, -0.15) is 5.10 Å². The number of urea groups is 1. The molecule has 5 heteroatoms. The molecule has 0 aliphatic rings. The molecule has 0 saturated carbocycles. The van der Waals surface area contributed by atoms with Crippen LogP contribution in [0, 0.1) is 20.8 Å². The number of hydrogen-bond acceptors (Lipinski definition) is 2. The first-order valence-electron chi connectivity index (χ1n) is 6.68. The van der Waals surface area contributed by atoms with Gasteiger partial charge in [-0.05, 0) is 38.5 Å². The Balaban J connectivity index is 1.81. The molecule has 1 heterocycles. The van der Waals surface area contributed by atoms with E-state index in [1.807, 2.05) is 48.9 Å². The fourth-order valence-corrected chi connectivity index (χ4v) is 1.98. The third kappa shape index (κ3) is 3.38. The van der Waals surface area contributed by atoms with Crippen molar-refractivity contribution in [1.82, 2.24) is 15.1 Å². The number of anilines is 1. The summed E-state index contributed by atoms with van der Waals surface area (Å²) in [6.45, 7) is 7.31. The van der Waals surface area contributed by atoms with Crippen molar-refractivity contribution >= 4 is 11.7 Å². The average Bonchev–Trinajstić information content (AvgIpc) is 2.67. The van der Waals surface area contributed by atoms with Crippen LogP contribution in [-0.2, 0) is 6.54 Å². The van der Waals surface area contributed by atoms with Gasteiger partial charge in [0, 0.05) is 17.9 Å². The summed E-state index contributed by atoms with van der Waals surface area (Å²) < 4.78 is 1.92. The van der Waals surface area contributed by atoms with E-state index in [0.717, 1.165) is 17.1 Å². The molecule has 2 amide bonds. The van der Waals surface area contributed by atoms with Crippen molar-refractivity contribution in [3.05, 3.63) is 47.3 Å². The number of nitrogens with one attached hydrogen (secondary N) is 2. The average molecular weight is 272 g/mol. The minimum atomic E-state index is -0.200. The quantitative estimate of drug-likeness (QED) is 0.899. The lowest BCUT2D eigenvalue weighted by atomic mass is 10.2. The molecule has 20 heavy (non-hydrogen) atoms. The van der Waals surface area contributed by atoms with Crippen LogP contribution in [0.3, 0.4) is 0 Å². The van der Waals surface area contributed by atoms with E-state index in [4.69, 9.17) is 0 Å². The van der Waals surface area contributed by atoms with E-state index >= 15 is 0 Å². The summed E-state index contributed by atoms with van der Waals surface area (Å²) in [6, 6.07) is 9.18. The van der Waals surface area contributed by atoms with E-state index in [0.29, 0.717) is 13.1 Å². The van der Waals surface area contributed by atoms with Crippen molar-refractivity contribution in [3.63, 3.8) is 0 Å². The van der Waals surface area contributed by atoms with Crippen molar-refractivity contribution in [2.45, 2.75) is 27.3 Å². The number of nitrogens with zero attached hydrogens (tertiary/aromatic N) is 2. The molecule has 0 radical (unpaired) electrons. The van der Waals surface area contributed by atoms with Crippen LogP contribution in [0.5, 0.6) is 0 Å². The SMILES string of the molecule is Cc1nn(CCNC(=O)Nc2ccccc2)c(C)c1C. The Bertz CT molecular complexity index is 589. The molecule has 106 valence electrons. The van der Waals surface area contributed by atoms with Gasteiger partial charge in [0.05, 0.1) is 12.2 Å². The van der Waals surface area contributed by atoms with Crippen molar-refractivity contribution < 1.29 is 4.79 Å². The predicted octanol–water partition coefficient (Wildman–Crippen LogP) is 2.63. The van der Waals surface area contributed by atoms with Crippen molar-refractivity contribution in [2.24, 2.45) is 0 Å². The van der Waals surface area contributed by atoms with Crippen LogP contribution in [0.2, 0.25) is 0 Å². The third-order valence-electron chi connectivity index (χ3n) is 3.38. The largest absolute Gasteiger partial charge is 0.336 e. The summed E-state index contributed by atoms with van der Waals surface area (Å²) in [4.78, 5) is 11.7. The summed E-state index contributed by atoms with van der Waals surface area (Å²) in [5, 5.41) is 10.0. The van der Waals surface area contributed by atoms with E-state index in [1.54, 1.807) is 0 Å². The molecule has 0 saturated heterocycles. The number of hydrogen-bond donors (Lipinski definition) is 2. The number of carbonyl (C=O) groups is 1. The Morgan fingerprint density at radius 1 is 1.20 bits per heavy atom. The predicted molar refractivity (Wildman–Crippen MR) is 79.9 cm³/mol. The maximum atomic E-state index is 11.7. The maximum absolute atomic E-state index is 11.7. The lowest BCUT2D eigenvalue weighted by Crippen LogP contribution is -2.31. The molecule has 0 atom stereocenters. The number of aromatic nitrogens is 2. The maximum Gasteiger partial charge on any atom is 0.319 e. The zero-order valence-electron chi connectivity index (χ0n) is 12.1. The van der Waals surface area contributed by atoms with Crippen LogP contribution in [0.4, 0.5) is 10.5 Å². The standard InChI is InChI=1S/C15H20N4O/c1-11-12(2)18-19(13(11)3)10-9-16-15(20)17-14-7-5-4-6-8-14/h4-8H,9-10H2,1-3H3,(H2,16,17,20). The summed E-state index contributed by atoms with van der Waals surface area (Å²) in [6.07, 6.45) is 0. The number of rotatable bonds is 4. The first kappa shape index (κ1) is 14.1. The van der Waals surface area contributed by atoms with E-state index in [-0.39, 0.29) is 6.03 Å². The van der Waals surface area contributed by atoms with E-state index < -0.39 is 0 Å². The fraction of sp³-hybridized carbons (Fsp3) is 0.333. The zero-order chi connectivity index (χ0) is 14.5. The summed E-state index contributed by atoms with van der Waals surface area (Å²) in [7, 11) is 0. The second-order valence-corrected chi connectivity index (χ2v) is 4.77. The molecule has 2 N–H and O–H groups in total. The van der Waals surface area contributed by atoms with E-state index in [1.165, 1.54) is 5.56 Å². The van der Waals surface area contributed by atoms with Gasteiger partial charge in [0.1, 0.15) is 0 Å². The number of benzene rings is 1. The molecule has 0 unspecified atom stereocenters. The molecular weight excluding hydrogens is 252 g/mol. The van der Waals surface area contributed by atoms with Crippen molar-refractivity contribution in [3.8, 4) is 0 Å². The van der Waals surface area contributed by atoms with Gasteiger partial charge in [0.15, 0.2) is 0 Å². The Kier molecular flexibility index (Phi) is 4.40. The van der Waals surface area contributed by atoms with E-state index in [2.05, 4.69) is 22.7 Å². The normalized spacial score (nSPS) is 10.3. The summed E-state index contributed by atoms with van der Waals surface area (Å²) in [5.74, 6) is 0. The highest BCUT2D eigenvalue weighted by atomic mass is 16.2. The van der Waals surface area contributed by atoms with Gasteiger partial charge < -0.3 is 10.6 Å². The molecular formula is C15H20N4O. The van der Waals surface area contributed by atoms with Gasteiger partial charge in [-0.3, -0.25) is 4.68 Å². The van der Waals surface area contributed by atoms with Gasteiger partial charge in [0.2, 0.25) is 0 Å². The highest BCUT2D eigenvalue weighted by molar-refractivity contribution is 5.89. The second kappa shape index (κ2) is 6.23. The number of carbonyl (C=O) groups excluding carboxylic acids is 1. The first-order chi connectivity index (χ1) is 9.58. The fourth-order valence-electron chi connectivity index (χ4n) is 1.98. The molecule has 0 fully saturated rings. The minimum Gasteiger partial charge on any atom is -0.336 e. The minimum absolute atomic E-state index is 0.200. The lowest BCUT2D eigenvalue weighted by molar-refractivity contribution is 0.251. The Hall–Kier alpha value is -2.30. The van der Waals surface area contributed by atoms with Crippen molar-refractivity contribution in [1.29, 1.82) is 0 Å². The highest BCUT2D eigenvalue weighted by Gasteiger charge is 2.07. The van der Waals surface area contributed by atoms with Crippen molar-refractivity contribution in [2.75, 3.05) is 11.9 Å². The van der Waals surface area contributed by atoms with Gasteiger partial charge in [-0.1, -0.05) is 18.2 Å². The van der Waals surface area contributed by atoms with Gasteiger partial charge in [0.25, 0.3) is 0 Å². The molecule has 0 aliphatic carbocycles. The molecule has 2 rings (SSSR count). The Morgan fingerprint density at radius 2 is 1.90 bits per heavy atom. The van der Waals surface area contributed by atoms with Gasteiger partial charge in [-0.25, -0.2) is 4.79 Å². The lowest BCUT2D eigenvalue weighted by Gasteiger charge is -2.08. The zero-order valence-corrected chi connectivity index (χ0v) is 12.1. The highest BCUT2D eigenvalue weighted by Crippen LogP contribution is 2.10. The number of amides is 2. The second-order valence-electron chi connectivity index (χ2n) is 4.77. The smallest absolute Gasteiger partial charge is 0.319 e. The van der Waals surface area contributed by atoms with Crippen LogP contribution >= 0.6 is 0 Å². The van der Waals surface area contributed by atoms with Crippen LogP contribution in [-0.4, -0.2) is 22.4 Å². The van der Waals surface area contributed by atoms with E-state index in [9.17, 15) is 4.79 Å². The Morgan fingerprint density at radius 3 is 2.50 bits per heavy atom. The summed E-state index contributed by atoms with van der Waals surface area (Å²) in [5.41, 5.74) is 4.18. The number of aryl methyl sites for hydroxylation is 1. The van der Waals surface area contributed by atoms with Crippen LogP contribution in [0.1, 0.15) is 17.0 Å². The van der Waals surface area contributed by atoms with Gasteiger partial charge in [-0.15, -0.1) is 0 Å². The molecule has 0 spiro atoms.